The van der Waals surface area contributed by atoms with Crippen LogP contribution in [0.15, 0.2) is 78.9 Å². The predicted octanol–water partition coefficient (Wildman–Crippen LogP) is 4.89. The number of anilines is 1. The third kappa shape index (κ3) is 8.97. The van der Waals surface area contributed by atoms with E-state index in [1.54, 1.807) is 48.5 Å². The van der Waals surface area contributed by atoms with Crippen molar-refractivity contribution in [2.24, 2.45) is 5.41 Å². The number of aliphatic carboxylic acids is 2. The maximum atomic E-state index is 14.4. The summed E-state index contributed by atoms with van der Waals surface area (Å²) in [6.45, 7) is 1.73. The molecule has 3 unspecified atom stereocenters. The summed E-state index contributed by atoms with van der Waals surface area (Å²) in [6.07, 6.45) is 1.87. The Labute approximate surface area is 307 Å². The minimum atomic E-state index is -1.22. The number of nitrogens with one attached hydrogen (secondary N) is 2. The monoisotopic (exact) mass is 730 g/mol. The van der Waals surface area contributed by atoms with Crippen LogP contribution in [-0.4, -0.2) is 69.3 Å². The van der Waals surface area contributed by atoms with Crippen molar-refractivity contribution in [2.45, 2.75) is 83.0 Å². The number of hydrogen-bond acceptors (Lipinski definition) is 6. The molecule has 0 radical (unpaired) electrons. The van der Waals surface area contributed by atoms with Gasteiger partial charge in [-0.1, -0.05) is 79.0 Å². The summed E-state index contributed by atoms with van der Waals surface area (Å²) >= 11 is 6.20. The normalized spacial score (nSPS) is 18.5. The van der Waals surface area contributed by atoms with Crippen LogP contribution in [0.25, 0.3) is 0 Å². The van der Waals surface area contributed by atoms with Crippen LogP contribution in [0, 0.1) is 5.41 Å². The molecule has 2 aliphatic rings. The molecule has 1 aliphatic carbocycles. The molecule has 2 fully saturated rings. The molecule has 3 aromatic carbocycles. The van der Waals surface area contributed by atoms with E-state index >= 15 is 0 Å². The fourth-order valence-corrected chi connectivity index (χ4v) is 7.37. The Morgan fingerprint density at radius 3 is 2.13 bits per heavy atom. The molecule has 1 saturated carbocycles. The second-order valence-electron chi connectivity index (χ2n) is 13.5. The maximum absolute atomic E-state index is 14.4. The van der Waals surface area contributed by atoms with Gasteiger partial charge in [0.15, 0.2) is 0 Å². The average molecular weight is 731 g/mol. The van der Waals surface area contributed by atoms with Crippen LogP contribution in [-0.2, 0) is 41.6 Å². The fourth-order valence-electron chi connectivity index (χ4n) is 7.24. The van der Waals surface area contributed by atoms with Crippen LogP contribution in [0.4, 0.5) is 5.69 Å². The van der Waals surface area contributed by atoms with E-state index in [-0.39, 0.29) is 37.0 Å². The van der Waals surface area contributed by atoms with Crippen molar-refractivity contribution in [3.63, 3.8) is 0 Å². The first kappa shape index (κ1) is 38.0. The molecule has 4 amide bonds. The molecular formula is C39H43ClN4O8. The van der Waals surface area contributed by atoms with E-state index < -0.39 is 47.9 Å². The first-order chi connectivity index (χ1) is 24.9. The average Bonchev–Trinajstić information content (AvgIpc) is 3.71. The van der Waals surface area contributed by atoms with Crippen LogP contribution in [0.3, 0.4) is 0 Å². The Hall–Kier alpha value is -5.23. The Morgan fingerprint density at radius 1 is 0.885 bits per heavy atom. The van der Waals surface area contributed by atoms with Crippen LogP contribution >= 0.6 is 11.6 Å². The van der Waals surface area contributed by atoms with Gasteiger partial charge < -0.3 is 25.7 Å². The van der Waals surface area contributed by atoms with Crippen LogP contribution in [0.2, 0.25) is 5.02 Å². The summed E-state index contributed by atoms with van der Waals surface area (Å²) in [4.78, 5) is 79.9. The lowest BCUT2D eigenvalue weighted by Gasteiger charge is -2.32. The number of amides is 4. The number of carboxylic acid groups (broad SMARTS) is 2. The zero-order valence-electron chi connectivity index (χ0n) is 28.9. The van der Waals surface area contributed by atoms with Gasteiger partial charge >= 0.3 is 11.9 Å². The smallest absolute Gasteiger partial charge is 0.326 e. The number of carbonyl (C=O) groups is 6. The number of rotatable bonds is 15. The standard InChI is InChI=1S/C39H43ClN4O8/c1-25(45)41-22-21-39(19-5-6-20-39)38(52)42-31(37(50)51)23-27-9-15-30(16-10-27)43-35(28-11-13-29(40)14-12-28)44(33(46)17-18-34(47)48)32(36(43)49)24-26-7-3-2-4-8-26/h2-4,7-16,31-32,35H,5-6,17-24H2,1H3,(H,41,45)(H,42,52)(H,47,48)(H,50,51). The molecule has 1 aliphatic heterocycles. The first-order valence-corrected chi connectivity index (χ1v) is 17.8. The lowest BCUT2D eigenvalue weighted by molar-refractivity contribution is -0.144. The molecule has 5 rings (SSSR count). The summed E-state index contributed by atoms with van der Waals surface area (Å²) < 4.78 is 0. The van der Waals surface area contributed by atoms with Gasteiger partial charge in [0.1, 0.15) is 18.2 Å². The van der Waals surface area contributed by atoms with E-state index in [0.29, 0.717) is 47.6 Å². The minimum absolute atomic E-state index is 0.0197. The van der Waals surface area contributed by atoms with E-state index in [4.69, 9.17) is 11.6 Å². The molecular weight excluding hydrogens is 688 g/mol. The quantitative estimate of drug-likeness (QED) is 0.171. The number of carboxylic acids is 2. The summed E-state index contributed by atoms with van der Waals surface area (Å²) in [7, 11) is 0. The summed E-state index contributed by atoms with van der Waals surface area (Å²) in [5, 5.41) is 25.4. The van der Waals surface area contributed by atoms with Crippen molar-refractivity contribution < 1.29 is 39.0 Å². The molecule has 0 spiro atoms. The van der Waals surface area contributed by atoms with E-state index in [1.807, 2.05) is 30.3 Å². The van der Waals surface area contributed by atoms with Crippen molar-refractivity contribution in [3.8, 4) is 0 Å². The third-order valence-corrected chi connectivity index (χ3v) is 10.2. The highest BCUT2D eigenvalue weighted by Gasteiger charge is 2.49. The molecule has 274 valence electrons. The van der Waals surface area contributed by atoms with Gasteiger partial charge in [-0.25, -0.2) is 4.79 Å². The van der Waals surface area contributed by atoms with Gasteiger partial charge in [0.05, 0.1) is 11.8 Å². The molecule has 13 heteroatoms. The van der Waals surface area contributed by atoms with Crippen molar-refractivity contribution in [3.05, 3.63) is 101 Å². The third-order valence-electron chi connectivity index (χ3n) is 9.92. The molecule has 4 N–H and O–H groups in total. The van der Waals surface area contributed by atoms with Crippen LogP contribution < -0.4 is 15.5 Å². The van der Waals surface area contributed by atoms with Crippen molar-refractivity contribution >= 4 is 52.9 Å². The fraction of sp³-hybridized carbons (Fsp3) is 0.385. The van der Waals surface area contributed by atoms with Gasteiger partial charge in [0, 0.05) is 43.4 Å². The van der Waals surface area contributed by atoms with Gasteiger partial charge in [-0.05, 0) is 60.2 Å². The minimum Gasteiger partial charge on any atom is -0.481 e. The van der Waals surface area contributed by atoms with E-state index in [1.165, 1.54) is 16.7 Å². The molecule has 12 nitrogen and oxygen atoms in total. The molecule has 3 aromatic rings. The second kappa shape index (κ2) is 16.9. The SMILES string of the molecule is CC(=O)NCCC1(C(=O)NC(Cc2ccc(N3C(=O)C(Cc4ccccc4)N(C(=O)CCC(=O)O)C3c3ccc(Cl)cc3)cc2)C(=O)O)CCCC1. The van der Waals surface area contributed by atoms with Gasteiger partial charge in [-0.3, -0.25) is 28.9 Å². The maximum Gasteiger partial charge on any atom is 0.326 e. The topological polar surface area (TPSA) is 173 Å². The number of nitrogens with zero attached hydrogens (tertiary/aromatic N) is 2. The van der Waals surface area contributed by atoms with E-state index in [2.05, 4.69) is 10.6 Å². The van der Waals surface area contributed by atoms with Gasteiger partial charge in [0.2, 0.25) is 17.7 Å². The number of benzene rings is 3. The van der Waals surface area contributed by atoms with Crippen molar-refractivity contribution in [2.75, 3.05) is 11.4 Å². The Morgan fingerprint density at radius 2 is 1.54 bits per heavy atom. The van der Waals surface area contributed by atoms with Gasteiger partial charge in [-0.15, -0.1) is 0 Å². The Balaban J connectivity index is 1.43. The highest BCUT2D eigenvalue weighted by atomic mass is 35.5. The Kier molecular flexibility index (Phi) is 12.3. The van der Waals surface area contributed by atoms with E-state index in [9.17, 15) is 39.0 Å². The summed E-state index contributed by atoms with van der Waals surface area (Å²) in [5.74, 6) is -3.72. The number of carbonyl (C=O) groups excluding carboxylic acids is 4. The lowest BCUT2D eigenvalue weighted by Crippen LogP contribution is -2.49. The number of halogens is 1. The predicted molar refractivity (Wildman–Crippen MR) is 193 cm³/mol. The molecule has 0 aromatic heterocycles. The highest BCUT2D eigenvalue weighted by molar-refractivity contribution is 6.30. The van der Waals surface area contributed by atoms with Gasteiger partial charge in [0.25, 0.3) is 5.91 Å². The van der Waals surface area contributed by atoms with Crippen LogP contribution in [0.1, 0.15) is 74.7 Å². The van der Waals surface area contributed by atoms with Gasteiger partial charge in [-0.2, -0.15) is 0 Å². The second-order valence-corrected chi connectivity index (χ2v) is 13.9. The molecule has 1 saturated heterocycles. The Bertz CT molecular complexity index is 1780. The molecule has 3 atom stereocenters. The van der Waals surface area contributed by atoms with Crippen molar-refractivity contribution in [1.29, 1.82) is 0 Å². The molecule has 52 heavy (non-hydrogen) atoms. The largest absolute Gasteiger partial charge is 0.481 e. The number of hydrogen-bond donors (Lipinski definition) is 4. The van der Waals surface area contributed by atoms with Crippen molar-refractivity contribution in [1.82, 2.24) is 15.5 Å². The zero-order valence-corrected chi connectivity index (χ0v) is 29.7. The van der Waals surface area contributed by atoms with Crippen LogP contribution in [0.5, 0.6) is 0 Å². The zero-order chi connectivity index (χ0) is 37.4. The summed E-state index contributed by atoms with van der Waals surface area (Å²) in [6, 6.07) is 20.6. The van der Waals surface area contributed by atoms with E-state index in [0.717, 1.165) is 18.4 Å². The molecule has 1 heterocycles. The first-order valence-electron chi connectivity index (χ1n) is 17.4. The highest BCUT2D eigenvalue weighted by Crippen LogP contribution is 2.42. The summed E-state index contributed by atoms with van der Waals surface area (Å²) in [5.41, 5.74) is 1.70. The lowest BCUT2D eigenvalue weighted by atomic mass is 9.81. The molecule has 0 bridgehead atoms.